The Morgan fingerprint density at radius 1 is 1.42 bits per heavy atom. The Labute approximate surface area is 121 Å². The monoisotopic (exact) mass is 282 g/mol. The predicted octanol–water partition coefficient (Wildman–Crippen LogP) is 2.59. The van der Waals surface area contributed by atoms with E-state index in [0.717, 1.165) is 39.4 Å². The molecular weight excluding hydrogens is 256 g/mol. The molecule has 0 saturated carbocycles. The Kier molecular flexibility index (Phi) is 5.82. The van der Waals surface area contributed by atoms with Crippen LogP contribution in [-0.2, 0) is 11.3 Å². The quantitative estimate of drug-likeness (QED) is 0.832. The second-order valence-corrected chi connectivity index (χ2v) is 6.48. The summed E-state index contributed by atoms with van der Waals surface area (Å²) in [4.78, 5) is 2.46. The molecule has 0 aromatic carbocycles. The third kappa shape index (κ3) is 4.56. The zero-order valence-corrected chi connectivity index (χ0v) is 13.0. The van der Waals surface area contributed by atoms with Crippen LogP contribution in [0, 0.1) is 5.41 Å². The first-order valence-corrected chi connectivity index (χ1v) is 8.16. The van der Waals surface area contributed by atoms with E-state index in [2.05, 4.69) is 41.0 Å². The van der Waals surface area contributed by atoms with Crippen LogP contribution in [0.1, 0.15) is 25.3 Å². The number of nitrogens with zero attached hydrogens (tertiary/aromatic N) is 1. The molecule has 0 spiro atoms. The maximum absolute atomic E-state index is 5.55. The third-order valence-electron chi connectivity index (χ3n) is 3.94. The highest BCUT2D eigenvalue weighted by Gasteiger charge is 2.33. The summed E-state index contributed by atoms with van der Waals surface area (Å²) < 4.78 is 5.55. The van der Waals surface area contributed by atoms with Gasteiger partial charge in [0.1, 0.15) is 0 Å². The minimum Gasteiger partial charge on any atom is -0.381 e. The zero-order valence-electron chi connectivity index (χ0n) is 12.2. The van der Waals surface area contributed by atoms with Crippen molar-refractivity contribution in [3.8, 4) is 0 Å². The lowest BCUT2D eigenvalue weighted by Crippen LogP contribution is -2.46. The fraction of sp³-hybridized carbons (Fsp3) is 0.733. The van der Waals surface area contributed by atoms with Gasteiger partial charge in [-0.15, -0.1) is 0 Å². The molecule has 1 aliphatic rings. The summed E-state index contributed by atoms with van der Waals surface area (Å²) in [6.45, 7) is 8.38. The number of hydrogen-bond donors (Lipinski definition) is 1. The van der Waals surface area contributed by atoms with Crippen molar-refractivity contribution < 1.29 is 4.74 Å². The molecule has 2 rings (SSSR count). The van der Waals surface area contributed by atoms with Crippen LogP contribution >= 0.6 is 11.3 Å². The second kappa shape index (κ2) is 7.39. The summed E-state index contributed by atoms with van der Waals surface area (Å²) in [5.74, 6) is 0. The van der Waals surface area contributed by atoms with Crippen molar-refractivity contribution in [2.24, 2.45) is 5.41 Å². The first kappa shape index (κ1) is 15.0. The van der Waals surface area contributed by atoms with E-state index in [1.807, 2.05) is 0 Å². The van der Waals surface area contributed by atoms with E-state index >= 15 is 0 Å². The van der Waals surface area contributed by atoms with Gasteiger partial charge in [0.05, 0.1) is 0 Å². The van der Waals surface area contributed by atoms with Crippen LogP contribution in [0.25, 0.3) is 0 Å². The maximum atomic E-state index is 5.55. The van der Waals surface area contributed by atoms with Crippen LogP contribution in [0.5, 0.6) is 0 Å². The molecule has 1 aromatic heterocycles. The fourth-order valence-corrected chi connectivity index (χ4v) is 3.57. The molecule has 1 saturated heterocycles. The highest BCUT2D eigenvalue weighted by atomic mass is 32.1. The lowest BCUT2D eigenvalue weighted by atomic mass is 9.79. The fourth-order valence-electron chi connectivity index (χ4n) is 2.91. The van der Waals surface area contributed by atoms with Gasteiger partial charge in [-0.3, -0.25) is 0 Å². The van der Waals surface area contributed by atoms with Crippen molar-refractivity contribution in [2.75, 3.05) is 39.9 Å². The second-order valence-electron chi connectivity index (χ2n) is 5.70. The van der Waals surface area contributed by atoms with Crippen molar-refractivity contribution in [2.45, 2.75) is 26.3 Å². The van der Waals surface area contributed by atoms with Gasteiger partial charge in [-0.1, -0.05) is 6.92 Å². The molecule has 0 unspecified atom stereocenters. The van der Waals surface area contributed by atoms with Crippen molar-refractivity contribution in [3.05, 3.63) is 22.4 Å². The largest absolute Gasteiger partial charge is 0.381 e. The van der Waals surface area contributed by atoms with E-state index < -0.39 is 0 Å². The number of nitrogens with one attached hydrogen (secondary N) is 1. The normalized spacial score (nSPS) is 18.9. The van der Waals surface area contributed by atoms with Gasteiger partial charge >= 0.3 is 0 Å². The lowest BCUT2D eigenvalue weighted by molar-refractivity contribution is -0.00137. The first-order valence-electron chi connectivity index (χ1n) is 7.22. The molecule has 4 heteroatoms. The molecule has 1 aliphatic heterocycles. The number of hydrogen-bond acceptors (Lipinski definition) is 4. The van der Waals surface area contributed by atoms with Crippen LogP contribution in [0.15, 0.2) is 16.8 Å². The third-order valence-corrected chi connectivity index (χ3v) is 4.67. The molecule has 2 heterocycles. The Bertz CT molecular complexity index is 347. The summed E-state index contributed by atoms with van der Waals surface area (Å²) in [5, 5.41) is 7.95. The summed E-state index contributed by atoms with van der Waals surface area (Å²) in [6.07, 6.45) is 2.35. The van der Waals surface area contributed by atoms with Gasteiger partial charge in [-0.25, -0.2) is 0 Å². The van der Waals surface area contributed by atoms with E-state index in [9.17, 15) is 0 Å². The standard InChI is InChI=1S/C15H26N2OS/c1-3-16-12-15(5-7-18-8-6-15)13-17(2)10-14-4-9-19-11-14/h4,9,11,16H,3,5-8,10,12-13H2,1-2H3. The topological polar surface area (TPSA) is 24.5 Å². The molecule has 19 heavy (non-hydrogen) atoms. The Balaban J connectivity index is 1.90. The molecule has 1 aromatic rings. The number of thiophene rings is 1. The predicted molar refractivity (Wildman–Crippen MR) is 81.7 cm³/mol. The Morgan fingerprint density at radius 2 is 2.21 bits per heavy atom. The Morgan fingerprint density at radius 3 is 2.84 bits per heavy atom. The molecule has 0 amide bonds. The van der Waals surface area contributed by atoms with E-state index in [0.29, 0.717) is 5.41 Å². The minimum atomic E-state index is 0.388. The molecule has 3 nitrogen and oxygen atoms in total. The summed E-state index contributed by atoms with van der Waals surface area (Å²) in [6, 6.07) is 2.22. The molecule has 0 aliphatic carbocycles. The Hall–Kier alpha value is -0.420. The van der Waals surface area contributed by atoms with Crippen molar-refractivity contribution >= 4 is 11.3 Å². The average Bonchev–Trinajstić information content (AvgIpc) is 2.90. The summed E-state index contributed by atoms with van der Waals surface area (Å²) in [5.41, 5.74) is 1.82. The highest BCUT2D eigenvalue weighted by molar-refractivity contribution is 7.07. The maximum Gasteiger partial charge on any atom is 0.0472 e. The smallest absolute Gasteiger partial charge is 0.0472 e. The average molecular weight is 282 g/mol. The summed E-state index contributed by atoms with van der Waals surface area (Å²) >= 11 is 1.78. The molecular formula is C15H26N2OS. The van der Waals surface area contributed by atoms with Crippen molar-refractivity contribution in [3.63, 3.8) is 0 Å². The van der Waals surface area contributed by atoms with E-state index in [4.69, 9.17) is 4.74 Å². The molecule has 0 radical (unpaired) electrons. The van der Waals surface area contributed by atoms with Crippen LogP contribution < -0.4 is 5.32 Å². The van der Waals surface area contributed by atoms with Crippen molar-refractivity contribution in [1.82, 2.24) is 10.2 Å². The van der Waals surface area contributed by atoms with Gasteiger partial charge < -0.3 is 15.0 Å². The van der Waals surface area contributed by atoms with Gasteiger partial charge in [0, 0.05) is 32.8 Å². The van der Waals surface area contributed by atoms with E-state index in [1.54, 1.807) is 11.3 Å². The van der Waals surface area contributed by atoms with E-state index in [1.165, 1.54) is 18.4 Å². The van der Waals surface area contributed by atoms with Crippen LogP contribution in [-0.4, -0.2) is 44.8 Å². The van der Waals surface area contributed by atoms with Crippen LogP contribution in [0.3, 0.4) is 0 Å². The van der Waals surface area contributed by atoms with E-state index in [-0.39, 0.29) is 0 Å². The van der Waals surface area contributed by atoms with Gasteiger partial charge in [0.2, 0.25) is 0 Å². The highest BCUT2D eigenvalue weighted by Crippen LogP contribution is 2.31. The zero-order chi connectivity index (χ0) is 13.6. The van der Waals surface area contributed by atoms with Crippen LogP contribution in [0.2, 0.25) is 0 Å². The van der Waals surface area contributed by atoms with Crippen LogP contribution in [0.4, 0.5) is 0 Å². The molecule has 1 N–H and O–H groups in total. The number of rotatable bonds is 7. The number of ether oxygens (including phenoxy) is 1. The van der Waals surface area contributed by atoms with Gasteiger partial charge in [0.15, 0.2) is 0 Å². The molecule has 1 fully saturated rings. The molecule has 0 bridgehead atoms. The lowest BCUT2D eigenvalue weighted by Gasteiger charge is -2.40. The van der Waals surface area contributed by atoms with Gasteiger partial charge in [-0.2, -0.15) is 11.3 Å². The molecule has 0 atom stereocenters. The minimum absolute atomic E-state index is 0.388. The summed E-state index contributed by atoms with van der Waals surface area (Å²) in [7, 11) is 2.24. The van der Waals surface area contributed by atoms with Gasteiger partial charge in [-0.05, 0) is 54.2 Å². The first-order chi connectivity index (χ1) is 9.24. The van der Waals surface area contributed by atoms with Gasteiger partial charge in [0.25, 0.3) is 0 Å². The SMILES string of the molecule is CCNCC1(CN(C)Cc2ccsc2)CCOCC1. The van der Waals surface area contributed by atoms with Crippen molar-refractivity contribution in [1.29, 1.82) is 0 Å². The molecule has 108 valence electrons.